The van der Waals surface area contributed by atoms with Crippen molar-refractivity contribution >= 4 is 23.4 Å². The van der Waals surface area contributed by atoms with Gasteiger partial charge in [-0.15, -0.1) is 0 Å². The number of aromatic nitrogens is 2. The number of anilines is 1. The van der Waals surface area contributed by atoms with Gasteiger partial charge in [-0.1, -0.05) is 66.4 Å². The molecule has 5 nitrogen and oxygen atoms in total. The van der Waals surface area contributed by atoms with Gasteiger partial charge in [0.1, 0.15) is 5.82 Å². The van der Waals surface area contributed by atoms with E-state index >= 15 is 0 Å². The molecule has 24 heavy (non-hydrogen) atoms. The van der Waals surface area contributed by atoms with Crippen LogP contribution in [0.25, 0.3) is 0 Å². The van der Waals surface area contributed by atoms with Crippen molar-refractivity contribution in [1.29, 1.82) is 0 Å². The molecule has 0 bridgehead atoms. The summed E-state index contributed by atoms with van der Waals surface area (Å²) < 4.78 is 0. The summed E-state index contributed by atoms with van der Waals surface area (Å²) in [6.07, 6.45) is 0. The standard InChI is InChI=1S/C18H15N3O2S/c19-15-10-16(22)21-18(20-15)24-11-12-6-8-14(9-7-12)17(23)13-4-2-1-3-5-13/h1-10H,11H2,(H3,19,20,21,22). The number of nitrogens with zero attached hydrogens (tertiary/aromatic N) is 2. The average molecular weight is 337 g/mol. The minimum atomic E-state index is -0.145. The van der Waals surface area contributed by atoms with Crippen molar-refractivity contribution in [2.75, 3.05) is 5.73 Å². The number of nitrogen functional groups attached to an aromatic ring is 1. The Morgan fingerprint density at radius 2 is 1.67 bits per heavy atom. The van der Waals surface area contributed by atoms with Gasteiger partial charge in [0.2, 0.25) is 5.88 Å². The average Bonchev–Trinajstić information content (AvgIpc) is 2.60. The van der Waals surface area contributed by atoms with Crippen LogP contribution in [0.15, 0.2) is 65.8 Å². The SMILES string of the molecule is Nc1cc(O)nc(SCc2ccc(C(=O)c3ccccc3)cc2)n1. The van der Waals surface area contributed by atoms with Crippen LogP contribution in [0.4, 0.5) is 5.82 Å². The Kier molecular flexibility index (Phi) is 4.77. The number of carbonyl (C=O) groups excluding carboxylic acids is 1. The Morgan fingerprint density at radius 3 is 2.33 bits per heavy atom. The van der Waals surface area contributed by atoms with Crippen molar-refractivity contribution in [2.45, 2.75) is 10.9 Å². The number of hydrogen-bond donors (Lipinski definition) is 2. The lowest BCUT2D eigenvalue weighted by atomic mass is 10.0. The predicted octanol–water partition coefficient (Wildman–Crippen LogP) is 3.29. The molecule has 1 heterocycles. The topological polar surface area (TPSA) is 89.1 Å². The summed E-state index contributed by atoms with van der Waals surface area (Å²) in [6, 6.07) is 17.9. The highest BCUT2D eigenvalue weighted by Crippen LogP contribution is 2.22. The summed E-state index contributed by atoms with van der Waals surface area (Å²) in [5.41, 5.74) is 7.91. The fraction of sp³-hybridized carbons (Fsp3) is 0.0556. The molecular formula is C18H15N3O2S. The molecule has 1 aromatic heterocycles. The lowest BCUT2D eigenvalue weighted by Gasteiger charge is -2.04. The van der Waals surface area contributed by atoms with Crippen LogP contribution in [0.1, 0.15) is 21.5 Å². The quantitative estimate of drug-likeness (QED) is 0.422. The molecule has 120 valence electrons. The van der Waals surface area contributed by atoms with E-state index in [1.165, 1.54) is 17.8 Å². The molecule has 0 amide bonds. The van der Waals surface area contributed by atoms with Gasteiger partial charge >= 0.3 is 0 Å². The summed E-state index contributed by atoms with van der Waals surface area (Å²) >= 11 is 1.37. The van der Waals surface area contributed by atoms with Crippen LogP contribution in [0.2, 0.25) is 0 Å². The molecule has 0 aliphatic carbocycles. The normalized spacial score (nSPS) is 10.5. The first-order valence-corrected chi connectivity index (χ1v) is 8.25. The van der Waals surface area contributed by atoms with Gasteiger partial charge in [0, 0.05) is 22.9 Å². The molecule has 0 saturated heterocycles. The van der Waals surface area contributed by atoms with Crippen molar-refractivity contribution in [3.63, 3.8) is 0 Å². The van der Waals surface area contributed by atoms with E-state index in [0.29, 0.717) is 22.0 Å². The maximum atomic E-state index is 12.3. The van der Waals surface area contributed by atoms with E-state index in [9.17, 15) is 9.90 Å². The van der Waals surface area contributed by atoms with Gasteiger partial charge in [-0.05, 0) is 5.56 Å². The smallest absolute Gasteiger partial charge is 0.216 e. The zero-order valence-corrected chi connectivity index (χ0v) is 13.5. The van der Waals surface area contributed by atoms with E-state index in [1.54, 1.807) is 12.1 Å². The zero-order chi connectivity index (χ0) is 16.9. The Morgan fingerprint density at radius 1 is 1.00 bits per heavy atom. The number of thioether (sulfide) groups is 1. The summed E-state index contributed by atoms with van der Waals surface area (Å²) in [5, 5.41) is 9.83. The molecule has 0 atom stereocenters. The van der Waals surface area contributed by atoms with E-state index in [1.807, 2.05) is 42.5 Å². The van der Waals surface area contributed by atoms with Gasteiger partial charge in [0.15, 0.2) is 10.9 Å². The molecule has 0 radical (unpaired) electrons. The molecule has 0 spiro atoms. The Labute approximate surface area is 143 Å². The van der Waals surface area contributed by atoms with E-state index in [0.717, 1.165) is 5.56 Å². The summed E-state index contributed by atoms with van der Waals surface area (Å²) in [7, 11) is 0. The van der Waals surface area contributed by atoms with Gasteiger partial charge in [-0.2, -0.15) is 4.98 Å². The first-order chi connectivity index (χ1) is 11.6. The number of rotatable bonds is 5. The van der Waals surface area contributed by atoms with Crippen molar-refractivity contribution in [2.24, 2.45) is 0 Å². The number of carbonyl (C=O) groups is 1. The molecule has 6 heteroatoms. The summed E-state index contributed by atoms with van der Waals surface area (Å²) in [5.74, 6) is 0.699. The maximum absolute atomic E-state index is 12.3. The zero-order valence-electron chi connectivity index (χ0n) is 12.7. The lowest BCUT2D eigenvalue weighted by molar-refractivity contribution is 0.103. The van der Waals surface area contributed by atoms with E-state index < -0.39 is 0 Å². The van der Waals surface area contributed by atoms with Crippen molar-refractivity contribution in [3.8, 4) is 5.88 Å². The second-order valence-electron chi connectivity index (χ2n) is 5.11. The molecule has 2 aromatic carbocycles. The van der Waals surface area contributed by atoms with Crippen LogP contribution in [0.5, 0.6) is 5.88 Å². The van der Waals surface area contributed by atoms with E-state index in [2.05, 4.69) is 9.97 Å². The van der Waals surface area contributed by atoms with Crippen LogP contribution in [0, 0.1) is 0 Å². The molecule has 0 aliphatic heterocycles. The van der Waals surface area contributed by atoms with Gasteiger partial charge in [0.05, 0.1) is 0 Å². The van der Waals surface area contributed by atoms with Crippen LogP contribution in [-0.4, -0.2) is 20.9 Å². The predicted molar refractivity (Wildman–Crippen MR) is 94.0 cm³/mol. The van der Waals surface area contributed by atoms with Gasteiger partial charge in [-0.3, -0.25) is 4.79 Å². The molecule has 3 rings (SSSR count). The lowest BCUT2D eigenvalue weighted by Crippen LogP contribution is -2.00. The first kappa shape index (κ1) is 16.0. The summed E-state index contributed by atoms with van der Waals surface area (Å²) in [6.45, 7) is 0. The number of nitrogens with two attached hydrogens (primary N) is 1. The third-order valence-electron chi connectivity index (χ3n) is 3.33. The Balaban J connectivity index is 1.67. The van der Waals surface area contributed by atoms with Gasteiger partial charge in [0.25, 0.3) is 0 Å². The Hall–Kier alpha value is -2.86. The number of hydrogen-bond acceptors (Lipinski definition) is 6. The second-order valence-corrected chi connectivity index (χ2v) is 6.06. The third kappa shape index (κ3) is 3.91. The van der Waals surface area contributed by atoms with E-state index in [-0.39, 0.29) is 17.5 Å². The largest absolute Gasteiger partial charge is 0.493 e. The number of aromatic hydroxyl groups is 1. The molecule has 0 fully saturated rings. The highest BCUT2D eigenvalue weighted by molar-refractivity contribution is 7.98. The fourth-order valence-corrected chi connectivity index (χ4v) is 2.97. The summed E-state index contributed by atoms with van der Waals surface area (Å²) in [4.78, 5) is 20.3. The highest BCUT2D eigenvalue weighted by atomic mass is 32.2. The Bertz CT molecular complexity index is 832. The first-order valence-electron chi connectivity index (χ1n) is 7.27. The molecular weight excluding hydrogens is 322 g/mol. The molecule has 0 unspecified atom stereocenters. The van der Waals surface area contributed by atoms with Crippen LogP contribution >= 0.6 is 11.8 Å². The van der Waals surface area contributed by atoms with Crippen LogP contribution < -0.4 is 5.73 Å². The highest BCUT2D eigenvalue weighted by Gasteiger charge is 2.08. The monoisotopic (exact) mass is 337 g/mol. The minimum Gasteiger partial charge on any atom is -0.493 e. The number of benzene rings is 2. The maximum Gasteiger partial charge on any atom is 0.216 e. The van der Waals surface area contributed by atoms with Crippen LogP contribution in [0.3, 0.4) is 0 Å². The van der Waals surface area contributed by atoms with Crippen molar-refractivity contribution < 1.29 is 9.90 Å². The van der Waals surface area contributed by atoms with Crippen molar-refractivity contribution in [1.82, 2.24) is 9.97 Å². The minimum absolute atomic E-state index is 0.00103. The molecule has 0 aliphatic rings. The molecule has 3 aromatic rings. The number of ketones is 1. The van der Waals surface area contributed by atoms with Gasteiger partial charge < -0.3 is 10.8 Å². The molecule has 3 N–H and O–H groups in total. The van der Waals surface area contributed by atoms with Crippen molar-refractivity contribution in [3.05, 3.63) is 77.4 Å². The van der Waals surface area contributed by atoms with Gasteiger partial charge in [-0.25, -0.2) is 4.98 Å². The second kappa shape index (κ2) is 7.14. The van der Waals surface area contributed by atoms with Crippen LogP contribution in [-0.2, 0) is 5.75 Å². The third-order valence-corrected chi connectivity index (χ3v) is 4.25. The van der Waals surface area contributed by atoms with E-state index in [4.69, 9.17) is 5.73 Å². The molecule has 0 saturated carbocycles. The fourth-order valence-electron chi connectivity index (χ4n) is 2.15.